The molecule has 2 aromatic carbocycles. The summed E-state index contributed by atoms with van der Waals surface area (Å²) in [5.41, 5.74) is 2.38. The van der Waals surface area contributed by atoms with Crippen LogP contribution in [0.15, 0.2) is 42.2 Å². The fraction of sp³-hybridized carbons (Fsp3) is 0.200. The Morgan fingerprint density at radius 3 is 2.47 bits per heavy atom. The first kappa shape index (κ1) is 10.4. The Morgan fingerprint density at radius 1 is 1.00 bits per heavy atom. The fourth-order valence-corrected chi connectivity index (χ4v) is 2.53. The van der Waals surface area contributed by atoms with Crippen LogP contribution < -0.4 is 0 Å². The third-order valence-electron chi connectivity index (χ3n) is 3.28. The van der Waals surface area contributed by atoms with E-state index in [0.717, 1.165) is 5.76 Å². The van der Waals surface area contributed by atoms with Crippen molar-refractivity contribution in [3.8, 4) is 0 Å². The minimum Gasteiger partial charge on any atom is -0.498 e. The predicted octanol–water partition coefficient (Wildman–Crippen LogP) is 3.53. The lowest BCUT2D eigenvalue weighted by atomic mass is 9.90. The number of ether oxygens (including phenoxy) is 2. The SMILES string of the molecule is COC1=Cc2cccc3cccc(c23)C1OC. The van der Waals surface area contributed by atoms with Crippen LogP contribution >= 0.6 is 0 Å². The molecule has 3 rings (SSSR count). The average molecular weight is 226 g/mol. The minimum absolute atomic E-state index is 0.0985. The number of rotatable bonds is 2. The van der Waals surface area contributed by atoms with Crippen molar-refractivity contribution < 1.29 is 9.47 Å². The van der Waals surface area contributed by atoms with Crippen molar-refractivity contribution in [2.75, 3.05) is 14.2 Å². The molecule has 2 heteroatoms. The molecule has 0 aliphatic heterocycles. The van der Waals surface area contributed by atoms with Crippen molar-refractivity contribution in [3.05, 3.63) is 53.3 Å². The van der Waals surface area contributed by atoms with E-state index in [1.54, 1.807) is 14.2 Å². The molecule has 2 nitrogen and oxygen atoms in total. The zero-order chi connectivity index (χ0) is 11.8. The van der Waals surface area contributed by atoms with Gasteiger partial charge in [-0.15, -0.1) is 0 Å². The zero-order valence-corrected chi connectivity index (χ0v) is 9.94. The molecule has 1 aliphatic rings. The van der Waals surface area contributed by atoms with Crippen molar-refractivity contribution in [1.82, 2.24) is 0 Å². The summed E-state index contributed by atoms with van der Waals surface area (Å²) in [6.07, 6.45) is 1.96. The highest BCUT2D eigenvalue weighted by Crippen LogP contribution is 2.39. The van der Waals surface area contributed by atoms with E-state index in [1.807, 2.05) is 0 Å². The minimum atomic E-state index is -0.0985. The molecular formula is C15H14O2. The first-order chi connectivity index (χ1) is 8.35. The smallest absolute Gasteiger partial charge is 0.140 e. The summed E-state index contributed by atoms with van der Waals surface area (Å²) in [5, 5.41) is 2.51. The maximum atomic E-state index is 5.55. The highest BCUT2D eigenvalue weighted by atomic mass is 16.5. The van der Waals surface area contributed by atoms with Gasteiger partial charge in [-0.1, -0.05) is 36.4 Å². The molecule has 0 saturated carbocycles. The van der Waals surface area contributed by atoms with Crippen LogP contribution in [0.3, 0.4) is 0 Å². The lowest BCUT2D eigenvalue weighted by Crippen LogP contribution is -2.11. The van der Waals surface area contributed by atoms with Crippen molar-refractivity contribution in [3.63, 3.8) is 0 Å². The Kier molecular flexibility index (Phi) is 2.37. The maximum absolute atomic E-state index is 5.55. The van der Waals surface area contributed by atoms with Crippen LogP contribution in [0.2, 0.25) is 0 Å². The topological polar surface area (TPSA) is 18.5 Å². The Bertz CT molecular complexity index is 594. The summed E-state index contributed by atoms with van der Waals surface area (Å²) in [6.45, 7) is 0. The number of hydrogen-bond acceptors (Lipinski definition) is 2. The third-order valence-corrected chi connectivity index (χ3v) is 3.28. The van der Waals surface area contributed by atoms with Gasteiger partial charge in [-0.25, -0.2) is 0 Å². The Balaban J connectivity index is 2.37. The molecule has 17 heavy (non-hydrogen) atoms. The molecule has 0 radical (unpaired) electrons. The van der Waals surface area contributed by atoms with Gasteiger partial charge in [0.15, 0.2) is 0 Å². The molecule has 0 fully saturated rings. The second-order valence-electron chi connectivity index (χ2n) is 4.16. The Labute approximate surface area is 100 Å². The number of methoxy groups -OCH3 is 2. The first-order valence-corrected chi connectivity index (χ1v) is 5.65. The molecule has 0 saturated heterocycles. The van der Waals surface area contributed by atoms with Gasteiger partial charge in [-0.05, 0) is 28.0 Å². The summed E-state index contributed by atoms with van der Waals surface area (Å²) >= 11 is 0. The van der Waals surface area contributed by atoms with Gasteiger partial charge in [0, 0.05) is 7.11 Å². The van der Waals surface area contributed by atoms with Gasteiger partial charge in [0.2, 0.25) is 0 Å². The summed E-state index contributed by atoms with van der Waals surface area (Å²) in [5.74, 6) is 0.860. The molecule has 1 atom stereocenters. The zero-order valence-electron chi connectivity index (χ0n) is 9.94. The number of benzene rings is 2. The van der Waals surface area contributed by atoms with Gasteiger partial charge < -0.3 is 9.47 Å². The van der Waals surface area contributed by atoms with Gasteiger partial charge in [0.25, 0.3) is 0 Å². The molecule has 0 heterocycles. The third kappa shape index (κ3) is 1.45. The molecular weight excluding hydrogens is 212 g/mol. The second-order valence-corrected chi connectivity index (χ2v) is 4.16. The molecule has 86 valence electrons. The van der Waals surface area contributed by atoms with Gasteiger partial charge >= 0.3 is 0 Å². The van der Waals surface area contributed by atoms with Crippen LogP contribution in [-0.2, 0) is 9.47 Å². The van der Waals surface area contributed by atoms with E-state index < -0.39 is 0 Å². The van der Waals surface area contributed by atoms with Crippen LogP contribution in [0.1, 0.15) is 17.2 Å². The largest absolute Gasteiger partial charge is 0.498 e. The van der Waals surface area contributed by atoms with Crippen LogP contribution in [0.5, 0.6) is 0 Å². The first-order valence-electron chi connectivity index (χ1n) is 5.65. The monoisotopic (exact) mass is 226 g/mol. The fourth-order valence-electron chi connectivity index (χ4n) is 2.53. The standard InChI is InChI=1S/C15H14O2/c1-16-13-9-11-7-3-5-10-6-4-8-12(14(10)11)15(13)17-2/h3-9,15H,1-2H3. The molecule has 1 aliphatic carbocycles. The average Bonchev–Trinajstić information content (AvgIpc) is 2.39. The van der Waals surface area contributed by atoms with Gasteiger partial charge in [-0.2, -0.15) is 0 Å². The molecule has 0 spiro atoms. The van der Waals surface area contributed by atoms with Crippen LogP contribution in [0, 0.1) is 0 Å². The van der Waals surface area contributed by atoms with E-state index in [4.69, 9.17) is 9.47 Å². The van der Waals surface area contributed by atoms with E-state index in [0.29, 0.717) is 0 Å². The quantitative estimate of drug-likeness (QED) is 0.780. The Morgan fingerprint density at radius 2 is 1.76 bits per heavy atom. The highest BCUT2D eigenvalue weighted by Gasteiger charge is 2.24. The molecule has 0 N–H and O–H groups in total. The summed E-state index contributed by atoms with van der Waals surface area (Å²) in [7, 11) is 3.40. The Hall–Kier alpha value is -1.80. The van der Waals surface area contributed by atoms with E-state index >= 15 is 0 Å². The van der Waals surface area contributed by atoms with E-state index in [9.17, 15) is 0 Å². The van der Waals surface area contributed by atoms with E-state index in [-0.39, 0.29) is 6.10 Å². The van der Waals surface area contributed by atoms with Crippen LogP contribution in [0.4, 0.5) is 0 Å². The van der Waals surface area contributed by atoms with Crippen molar-refractivity contribution in [2.45, 2.75) is 6.10 Å². The molecule has 2 aromatic rings. The van der Waals surface area contributed by atoms with Crippen molar-refractivity contribution in [2.24, 2.45) is 0 Å². The van der Waals surface area contributed by atoms with E-state index in [1.165, 1.54) is 21.9 Å². The molecule has 0 amide bonds. The van der Waals surface area contributed by atoms with Gasteiger partial charge in [-0.3, -0.25) is 0 Å². The van der Waals surface area contributed by atoms with Crippen molar-refractivity contribution >= 4 is 16.8 Å². The summed E-state index contributed by atoms with van der Waals surface area (Å²) < 4.78 is 11.0. The van der Waals surface area contributed by atoms with Crippen LogP contribution in [-0.4, -0.2) is 14.2 Å². The highest BCUT2D eigenvalue weighted by molar-refractivity contribution is 5.95. The van der Waals surface area contributed by atoms with E-state index in [2.05, 4.69) is 42.5 Å². The molecule has 0 bridgehead atoms. The summed E-state index contributed by atoms with van der Waals surface area (Å²) in [6, 6.07) is 12.6. The maximum Gasteiger partial charge on any atom is 0.140 e. The molecule has 0 aromatic heterocycles. The second kappa shape index (κ2) is 3.90. The normalized spacial score (nSPS) is 18.0. The van der Waals surface area contributed by atoms with Gasteiger partial charge in [0.05, 0.1) is 7.11 Å². The predicted molar refractivity (Wildman–Crippen MR) is 68.7 cm³/mol. The lowest BCUT2D eigenvalue weighted by Gasteiger charge is -2.25. The van der Waals surface area contributed by atoms with Crippen LogP contribution in [0.25, 0.3) is 16.8 Å². The van der Waals surface area contributed by atoms with Gasteiger partial charge in [0.1, 0.15) is 11.9 Å². The number of hydrogen-bond donors (Lipinski definition) is 0. The lowest BCUT2D eigenvalue weighted by molar-refractivity contribution is 0.0811. The molecule has 1 unspecified atom stereocenters. The summed E-state index contributed by atoms with van der Waals surface area (Å²) in [4.78, 5) is 0. The van der Waals surface area contributed by atoms with Crippen molar-refractivity contribution in [1.29, 1.82) is 0 Å².